The lowest BCUT2D eigenvalue weighted by molar-refractivity contribution is -0.117. The Labute approximate surface area is 179 Å². The maximum absolute atomic E-state index is 12.3. The van der Waals surface area contributed by atoms with E-state index in [-0.39, 0.29) is 12.0 Å². The summed E-state index contributed by atoms with van der Waals surface area (Å²) in [7, 11) is 0. The number of carbonyl (C=O) groups excluding carboxylic acids is 1. The molecule has 0 saturated carbocycles. The smallest absolute Gasteiger partial charge is 0.238 e. The van der Waals surface area contributed by atoms with Crippen molar-refractivity contribution in [3.63, 3.8) is 0 Å². The molecule has 0 spiro atoms. The number of carbonyl (C=O) groups is 1. The first kappa shape index (κ1) is 21.0. The molecule has 0 atom stereocenters. The number of nitrogens with zero attached hydrogens (tertiary/aromatic N) is 1. The van der Waals surface area contributed by atoms with Crippen LogP contribution in [0.5, 0.6) is 11.5 Å². The van der Waals surface area contributed by atoms with Crippen LogP contribution >= 0.6 is 27.5 Å². The molecule has 1 amide bonds. The zero-order valence-electron chi connectivity index (χ0n) is 15.8. The van der Waals surface area contributed by atoms with E-state index >= 15 is 0 Å². The summed E-state index contributed by atoms with van der Waals surface area (Å²) in [4.78, 5) is 14.5. The second-order valence-corrected chi connectivity index (χ2v) is 7.97. The normalized spacial score (nSPS) is 15.2. The number of ether oxygens (including phenoxy) is 2. The van der Waals surface area contributed by atoms with Crippen LogP contribution in [0.15, 0.2) is 46.9 Å². The van der Waals surface area contributed by atoms with E-state index in [4.69, 9.17) is 21.1 Å². The van der Waals surface area contributed by atoms with Gasteiger partial charge in [0.2, 0.25) is 5.91 Å². The molecule has 0 radical (unpaired) electrons. The molecule has 1 aliphatic heterocycles. The number of benzene rings is 2. The van der Waals surface area contributed by atoms with Gasteiger partial charge in [0, 0.05) is 17.6 Å². The highest BCUT2D eigenvalue weighted by Gasteiger charge is 2.23. The summed E-state index contributed by atoms with van der Waals surface area (Å²) >= 11 is 9.52. The molecule has 0 unspecified atom stereocenters. The molecule has 1 aliphatic rings. The lowest BCUT2D eigenvalue weighted by Gasteiger charge is -2.32. The predicted molar refractivity (Wildman–Crippen MR) is 115 cm³/mol. The molecule has 0 aliphatic carbocycles. The first-order valence-corrected chi connectivity index (χ1v) is 10.6. The van der Waals surface area contributed by atoms with Crippen LogP contribution in [-0.2, 0) is 4.79 Å². The molecule has 0 bridgehead atoms. The van der Waals surface area contributed by atoms with E-state index in [2.05, 4.69) is 26.1 Å². The summed E-state index contributed by atoms with van der Waals surface area (Å²) in [5, 5.41) is 3.39. The van der Waals surface area contributed by atoms with Crippen molar-refractivity contribution >= 4 is 39.1 Å². The number of nitrogens with one attached hydrogen (secondary N) is 1. The molecule has 1 heterocycles. The molecule has 7 heteroatoms. The highest BCUT2D eigenvalue weighted by atomic mass is 79.9. The molecule has 1 N–H and O–H groups in total. The summed E-state index contributed by atoms with van der Waals surface area (Å²) in [5.41, 5.74) is 0.626. The Bertz CT molecular complexity index is 810. The van der Waals surface area contributed by atoms with Crippen molar-refractivity contribution < 1.29 is 14.3 Å². The van der Waals surface area contributed by atoms with Gasteiger partial charge < -0.3 is 14.8 Å². The highest BCUT2D eigenvalue weighted by Crippen LogP contribution is 2.29. The van der Waals surface area contributed by atoms with E-state index < -0.39 is 0 Å². The minimum absolute atomic E-state index is 0.0646. The molecule has 1 saturated heterocycles. The van der Waals surface area contributed by atoms with E-state index in [0.717, 1.165) is 41.9 Å². The van der Waals surface area contributed by atoms with Crippen LogP contribution in [0.4, 0.5) is 5.69 Å². The summed E-state index contributed by atoms with van der Waals surface area (Å²) < 4.78 is 12.6. The highest BCUT2D eigenvalue weighted by molar-refractivity contribution is 9.10. The van der Waals surface area contributed by atoms with Gasteiger partial charge in [-0.2, -0.15) is 0 Å². The summed E-state index contributed by atoms with van der Waals surface area (Å²) in [6.07, 6.45) is 1.86. The van der Waals surface area contributed by atoms with Gasteiger partial charge in [0.25, 0.3) is 0 Å². The fraction of sp³-hybridized carbons (Fsp3) is 0.381. The zero-order valence-corrected chi connectivity index (χ0v) is 18.1. The third kappa shape index (κ3) is 5.87. The average Bonchev–Trinajstić information content (AvgIpc) is 2.67. The number of hydrogen-bond acceptors (Lipinski definition) is 4. The van der Waals surface area contributed by atoms with Crippen molar-refractivity contribution in [1.82, 2.24) is 4.90 Å². The van der Waals surface area contributed by atoms with Crippen LogP contribution in [0.3, 0.4) is 0 Å². The number of anilines is 1. The first-order valence-electron chi connectivity index (χ1n) is 9.41. The van der Waals surface area contributed by atoms with Gasteiger partial charge >= 0.3 is 0 Å². The van der Waals surface area contributed by atoms with Crippen molar-refractivity contribution in [2.75, 3.05) is 31.6 Å². The topological polar surface area (TPSA) is 50.8 Å². The van der Waals surface area contributed by atoms with Gasteiger partial charge in [-0.05, 0) is 50.1 Å². The Morgan fingerprint density at radius 2 is 1.93 bits per heavy atom. The Balaban J connectivity index is 1.47. The van der Waals surface area contributed by atoms with Crippen molar-refractivity contribution in [1.29, 1.82) is 0 Å². The molecule has 28 heavy (non-hydrogen) atoms. The number of hydrogen-bond donors (Lipinski definition) is 1. The number of piperidine rings is 1. The number of likely N-dealkylation sites (tertiary alicyclic amines) is 1. The largest absolute Gasteiger partial charge is 0.490 e. The second kappa shape index (κ2) is 10.1. The fourth-order valence-electron chi connectivity index (χ4n) is 3.17. The van der Waals surface area contributed by atoms with Gasteiger partial charge in [0.05, 0.1) is 23.9 Å². The number of para-hydroxylation sites is 2. The number of halogens is 2. The van der Waals surface area contributed by atoms with E-state index in [1.165, 1.54) is 0 Å². The van der Waals surface area contributed by atoms with Gasteiger partial charge in [-0.15, -0.1) is 0 Å². The molecule has 1 fully saturated rings. The monoisotopic (exact) mass is 466 g/mol. The average molecular weight is 468 g/mol. The van der Waals surface area contributed by atoms with Crippen LogP contribution in [0.2, 0.25) is 5.02 Å². The molecule has 5 nitrogen and oxygen atoms in total. The SMILES string of the molecule is CCOc1ccccc1OC1CCN(CC(=O)Nc2ccc(Br)cc2Cl)CC1. The predicted octanol–water partition coefficient (Wildman–Crippen LogP) is 4.98. The minimum atomic E-state index is -0.0646. The third-order valence-corrected chi connectivity index (χ3v) is 5.36. The molecule has 3 rings (SSSR count). The molecule has 0 aromatic heterocycles. The Morgan fingerprint density at radius 1 is 1.21 bits per heavy atom. The quantitative estimate of drug-likeness (QED) is 0.624. The summed E-state index contributed by atoms with van der Waals surface area (Å²) in [6, 6.07) is 13.2. The lowest BCUT2D eigenvalue weighted by atomic mass is 10.1. The third-order valence-electron chi connectivity index (χ3n) is 4.55. The lowest BCUT2D eigenvalue weighted by Crippen LogP contribution is -2.42. The maximum Gasteiger partial charge on any atom is 0.238 e. The van der Waals surface area contributed by atoms with Crippen molar-refractivity contribution in [3.05, 3.63) is 52.0 Å². The summed E-state index contributed by atoms with van der Waals surface area (Å²) in [5.74, 6) is 1.49. The maximum atomic E-state index is 12.3. The van der Waals surface area contributed by atoms with Gasteiger partial charge in [0.1, 0.15) is 6.10 Å². The van der Waals surface area contributed by atoms with E-state index in [1.54, 1.807) is 12.1 Å². The standard InChI is InChI=1S/C21H24BrClN2O3/c1-2-27-19-5-3-4-6-20(19)28-16-9-11-25(12-10-16)14-21(26)24-18-8-7-15(22)13-17(18)23/h3-8,13,16H,2,9-12,14H2,1H3,(H,24,26). The Kier molecular flexibility index (Phi) is 7.59. The molecule has 2 aromatic rings. The molecular weight excluding hydrogens is 444 g/mol. The van der Waals surface area contributed by atoms with E-state index in [0.29, 0.717) is 23.9 Å². The van der Waals surface area contributed by atoms with Crippen LogP contribution in [-0.4, -0.2) is 43.2 Å². The Hall–Kier alpha value is -1.76. The van der Waals surface area contributed by atoms with Crippen LogP contribution in [0.25, 0.3) is 0 Å². The van der Waals surface area contributed by atoms with Gasteiger partial charge in [-0.1, -0.05) is 39.7 Å². The van der Waals surface area contributed by atoms with E-state index in [9.17, 15) is 4.79 Å². The fourth-order valence-corrected chi connectivity index (χ4v) is 3.89. The van der Waals surface area contributed by atoms with Crippen molar-refractivity contribution in [2.24, 2.45) is 0 Å². The molecule has 2 aromatic carbocycles. The number of amides is 1. The number of rotatable bonds is 7. The van der Waals surface area contributed by atoms with E-state index in [1.807, 2.05) is 37.3 Å². The van der Waals surface area contributed by atoms with Gasteiger partial charge in [-0.25, -0.2) is 0 Å². The first-order chi connectivity index (χ1) is 13.5. The Morgan fingerprint density at radius 3 is 2.61 bits per heavy atom. The molecule has 150 valence electrons. The minimum Gasteiger partial charge on any atom is -0.490 e. The van der Waals surface area contributed by atoms with Crippen LogP contribution < -0.4 is 14.8 Å². The zero-order chi connectivity index (χ0) is 19.9. The summed E-state index contributed by atoms with van der Waals surface area (Å²) in [6.45, 7) is 4.53. The van der Waals surface area contributed by atoms with Crippen LogP contribution in [0, 0.1) is 0 Å². The second-order valence-electron chi connectivity index (χ2n) is 6.65. The van der Waals surface area contributed by atoms with Crippen molar-refractivity contribution in [2.45, 2.75) is 25.9 Å². The van der Waals surface area contributed by atoms with Crippen LogP contribution in [0.1, 0.15) is 19.8 Å². The van der Waals surface area contributed by atoms with Crippen molar-refractivity contribution in [3.8, 4) is 11.5 Å². The molecular formula is C21H24BrClN2O3. The van der Waals surface area contributed by atoms with Gasteiger partial charge in [-0.3, -0.25) is 9.69 Å². The van der Waals surface area contributed by atoms with Gasteiger partial charge in [0.15, 0.2) is 11.5 Å².